The monoisotopic (exact) mass is 368 g/mol. The van der Waals surface area contributed by atoms with E-state index in [4.69, 9.17) is 4.42 Å². The normalized spacial score (nSPS) is 13.0. The zero-order chi connectivity index (χ0) is 17.9. The van der Waals surface area contributed by atoms with Gasteiger partial charge >= 0.3 is 0 Å². The Morgan fingerprint density at radius 1 is 1.27 bits per heavy atom. The number of rotatable bonds is 6. The highest BCUT2D eigenvalue weighted by molar-refractivity contribution is 7.99. The molecule has 1 aliphatic carbocycles. The number of carbonyl (C=O) groups is 1. The zero-order valence-electron chi connectivity index (χ0n) is 14.6. The SMILES string of the molecule is Cn1c(SCCC(=O)Nc2ccc3c(c2)CCC3)nnc1-c1ccco1. The number of thioether (sulfide) groups is 1. The summed E-state index contributed by atoms with van der Waals surface area (Å²) in [6, 6.07) is 9.89. The van der Waals surface area contributed by atoms with Crippen LogP contribution in [0, 0.1) is 0 Å². The minimum Gasteiger partial charge on any atom is -0.461 e. The molecule has 1 aromatic carbocycles. The van der Waals surface area contributed by atoms with Crippen molar-refractivity contribution >= 4 is 23.4 Å². The average Bonchev–Trinajstić information content (AvgIpc) is 3.36. The molecule has 3 aromatic rings. The topological polar surface area (TPSA) is 73.0 Å². The van der Waals surface area contributed by atoms with Gasteiger partial charge in [-0.15, -0.1) is 10.2 Å². The molecule has 1 aliphatic rings. The van der Waals surface area contributed by atoms with Gasteiger partial charge in [-0.25, -0.2) is 0 Å². The molecular formula is C19H20N4O2S. The second kappa shape index (κ2) is 7.37. The first-order valence-electron chi connectivity index (χ1n) is 8.68. The Hall–Kier alpha value is -2.54. The summed E-state index contributed by atoms with van der Waals surface area (Å²) >= 11 is 1.51. The van der Waals surface area contributed by atoms with E-state index < -0.39 is 0 Å². The minimum atomic E-state index is 0.0175. The molecule has 0 fully saturated rings. The molecule has 0 saturated heterocycles. The molecule has 6 nitrogen and oxygen atoms in total. The van der Waals surface area contributed by atoms with Crippen molar-refractivity contribution in [3.8, 4) is 11.6 Å². The Bertz CT molecular complexity index is 918. The van der Waals surface area contributed by atoms with E-state index in [0.29, 0.717) is 23.8 Å². The van der Waals surface area contributed by atoms with Crippen LogP contribution in [-0.2, 0) is 24.7 Å². The van der Waals surface area contributed by atoms with Gasteiger partial charge in [0.05, 0.1) is 6.26 Å². The first-order chi connectivity index (χ1) is 12.7. The van der Waals surface area contributed by atoms with Crippen molar-refractivity contribution in [1.29, 1.82) is 0 Å². The summed E-state index contributed by atoms with van der Waals surface area (Å²) in [4.78, 5) is 12.2. The van der Waals surface area contributed by atoms with Crippen LogP contribution in [0.15, 0.2) is 46.2 Å². The number of nitrogens with one attached hydrogen (secondary N) is 1. The Balaban J connectivity index is 1.30. The summed E-state index contributed by atoms with van der Waals surface area (Å²) in [6.45, 7) is 0. The third-order valence-corrected chi connectivity index (χ3v) is 5.54. The van der Waals surface area contributed by atoms with Crippen LogP contribution < -0.4 is 5.32 Å². The summed E-state index contributed by atoms with van der Waals surface area (Å²) in [6.07, 6.45) is 5.50. The lowest BCUT2D eigenvalue weighted by Crippen LogP contribution is -2.12. The van der Waals surface area contributed by atoms with Crippen LogP contribution in [-0.4, -0.2) is 26.4 Å². The molecule has 26 heavy (non-hydrogen) atoms. The van der Waals surface area contributed by atoms with Crippen molar-refractivity contribution in [2.45, 2.75) is 30.8 Å². The zero-order valence-corrected chi connectivity index (χ0v) is 15.4. The maximum atomic E-state index is 12.2. The fraction of sp³-hybridized carbons (Fsp3) is 0.316. The van der Waals surface area contributed by atoms with E-state index in [1.165, 1.54) is 29.3 Å². The van der Waals surface area contributed by atoms with E-state index in [2.05, 4.69) is 27.6 Å². The Morgan fingerprint density at radius 3 is 3.00 bits per heavy atom. The summed E-state index contributed by atoms with van der Waals surface area (Å²) < 4.78 is 7.23. The fourth-order valence-corrected chi connectivity index (χ4v) is 4.02. The molecule has 1 N–H and O–H groups in total. The van der Waals surface area contributed by atoms with E-state index >= 15 is 0 Å². The standard InChI is InChI=1S/C19H20N4O2S/c1-23-18(16-6-3-10-25-16)21-22-19(23)26-11-9-17(24)20-15-8-7-13-4-2-5-14(13)12-15/h3,6-8,10,12H,2,4-5,9,11H2,1H3,(H,20,24). The van der Waals surface area contributed by atoms with Gasteiger partial charge in [0.15, 0.2) is 16.7 Å². The van der Waals surface area contributed by atoms with Crippen molar-refractivity contribution in [3.63, 3.8) is 0 Å². The lowest BCUT2D eigenvalue weighted by molar-refractivity contribution is -0.115. The maximum absolute atomic E-state index is 12.2. The number of hydrogen-bond acceptors (Lipinski definition) is 5. The van der Waals surface area contributed by atoms with E-state index in [0.717, 1.165) is 23.7 Å². The van der Waals surface area contributed by atoms with Crippen LogP contribution >= 0.6 is 11.8 Å². The number of nitrogens with zero attached hydrogens (tertiary/aromatic N) is 3. The van der Waals surface area contributed by atoms with Crippen molar-refractivity contribution < 1.29 is 9.21 Å². The van der Waals surface area contributed by atoms with Crippen molar-refractivity contribution in [2.75, 3.05) is 11.1 Å². The highest BCUT2D eigenvalue weighted by atomic mass is 32.2. The Kier molecular flexibility index (Phi) is 4.79. The molecule has 0 aliphatic heterocycles. The summed E-state index contributed by atoms with van der Waals surface area (Å²) in [5.41, 5.74) is 3.66. The first kappa shape index (κ1) is 16.9. The van der Waals surface area contributed by atoms with Gasteiger partial charge in [0.1, 0.15) is 0 Å². The largest absolute Gasteiger partial charge is 0.461 e. The number of furan rings is 1. The molecule has 7 heteroatoms. The van der Waals surface area contributed by atoms with Crippen molar-refractivity contribution in [3.05, 3.63) is 47.7 Å². The van der Waals surface area contributed by atoms with Crippen molar-refractivity contribution in [1.82, 2.24) is 14.8 Å². The molecule has 0 radical (unpaired) electrons. The summed E-state index contributed by atoms with van der Waals surface area (Å²) in [5, 5.41) is 12.1. The number of aryl methyl sites for hydroxylation is 2. The molecule has 0 spiro atoms. The lowest BCUT2D eigenvalue weighted by Gasteiger charge is -2.07. The van der Waals surface area contributed by atoms with E-state index in [9.17, 15) is 4.79 Å². The van der Waals surface area contributed by atoms with Crippen LogP contribution in [0.1, 0.15) is 24.0 Å². The molecule has 0 saturated carbocycles. The third-order valence-electron chi connectivity index (χ3n) is 4.52. The van der Waals surface area contributed by atoms with Gasteiger partial charge in [-0.2, -0.15) is 0 Å². The quantitative estimate of drug-likeness (QED) is 0.672. The molecule has 0 atom stereocenters. The van der Waals surface area contributed by atoms with Crippen LogP contribution in [0.5, 0.6) is 0 Å². The minimum absolute atomic E-state index is 0.0175. The maximum Gasteiger partial charge on any atom is 0.225 e. The number of carbonyl (C=O) groups excluding carboxylic acids is 1. The van der Waals surface area contributed by atoms with Gasteiger partial charge in [-0.05, 0) is 54.7 Å². The Morgan fingerprint density at radius 2 is 2.15 bits per heavy atom. The predicted molar refractivity (Wildman–Crippen MR) is 101 cm³/mol. The molecular weight excluding hydrogens is 348 g/mol. The van der Waals surface area contributed by atoms with E-state index in [1.807, 2.05) is 29.8 Å². The van der Waals surface area contributed by atoms with E-state index in [1.54, 1.807) is 6.26 Å². The molecule has 0 unspecified atom stereocenters. The number of hydrogen-bond donors (Lipinski definition) is 1. The van der Waals surface area contributed by atoms with Crippen molar-refractivity contribution in [2.24, 2.45) is 7.05 Å². The average molecular weight is 368 g/mol. The second-order valence-corrected chi connectivity index (χ2v) is 7.39. The molecule has 2 aromatic heterocycles. The molecule has 4 rings (SSSR count). The number of amides is 1. The third kappa shape index (κ3) is 3.53. The van der Waals surface area contributed by atoms with Gasteiger partial charge < -0.3 is 14.3 Å². The van der Waals surface area contributed by atoms with Crippen LogP contribution in [0.25, 0.3) is 11.6 Å². The fourth-order valence-electron chi connectivity index (χ4n) is 3.17. The molecule has 0 bridgehead atoms. The summed E-state index contributed by atoms with van der Waals surface area (Å²) in [5.74, 6) is 2.02. The van der Waals surface area contributed by atoms with Gasteiger partial charge in [0, 0.05) is 24.9 Å². The van der Waals surface area contributed by atoms with Crippen LogP contribution in [0.2, 0.25) is 0 Å². The Labute approximate surface area is 156 Å². The number of benzene rings is 1. The second-order valence-electron chi connectivity index (χ2n) is 6.33. The predicted octanol–water partition coefficient (Wildman–Crippen LogP) is 3.68. The van der Waals surface area contributed by atoms with Crippen LogP contribution in [0.3, 0.4) is 0 Å². The number of anilines is 1. The molecule has 134 valence electrons. The van der Waals surface area contributed by atoms with Crippen LogP contribution in [0.4, 0.5) is 5.69 Å². The number of fused-ring (bicyclic) bond motifs is 1. The van der Waals surface area contributed by atoms with Gasteiger partial charge in [0.2, 0.25) is 5.91 Å². The highest BCUT2D eigenvalue weighted by Gasteiger charge is 2.14. The smallest absolute Gasteiger partial charge is 0.225 e. The lowest BCUT2D eigenvalue weighted by atomic mass is 10.1. The molecule has 2 heterocycles. The van der Waals surface area contributed by atoms with Gasteiger partial charge in [0.25, 0.3) is 0 Å². The number of aromatic nitrogens is 3. The summed E-state index contributed by atoms with van der Waals surface area (Å²) in [7, 11) is 1.89. The van der Waals surface area contributed by atoms with E-state index in [-0.39, 0.29) is 5.91 Å². The molecule has 1 amide bonds. The van der Waals surface area contributed by atoms with Gasteiger partial charge in [-0.1, -0.05) is 17.8 Å². The highest BCUT2D eigenvalue weighted by Crippen LogP contribution is 2.26. The van der Waals surface area contributed by atoms with Gasteiger partial charge in [-0.3, -0.25) is 4.79 Å². The first-order valence-corrected chi connectivity index (χ1v) is 9.67.